The van der Waals surface area contributed by atoms with Crippen molar-refractivity contribution in [1.29, 1.82) is 0 Å². The third kappa shape index (κ3) is 6.64. The van der Waals surface area contributed by atoms with E-state index in [2.05, 4.69) is 15.4 Å². The summed E-state index contributed by atoms with van der Waals surface area (Å²) in [4.78, 5) is 12.1. The van der Waals surface area contributed by atoms with E-state index in [9.17, 15) is 13.2 Å². The first-order chi connectivity index (χ1) is 12.0. The Balaban J connectivity index is 1.80. The Morgan fingerprint density at radius 3 is 2.48 bits per heavy atom. The number of rotatable bonds is 8. The molecule has 0 radical (unpaired) electrons. The standard InChI is InChI=1S/C17H27N3O4S/c1-24-12-11-19-25(22,23)16-9-7-14(8-10-16)13-18-17(21)20-15-5-3-2-4-6-15/h7-10,15,19H,2-6,11-13H2,1H3,(H2,18,20,21). The van der Waals surface area contributed by atoms with Crippen LogP contribution in [0.25, 0.3) is 0 Å². The fourth-order valence-corrected chi connectivity index (χ4v) is 3.83. The van der Waals surface area contributed by atoms with Gasteiger partial charge >= 0.3 is 6.03 Å². The number of nitrogens with one attached hydrogen (secondary N) is 3. The summed E-state index contributed by atoms with van der Waals surface area (Å²) >= 11 is 0. The van der Waals surface area contributed by atoms with Crippen molar-refractivity contribution in [3.05, 3.63) is 29.8 Å². The van der Waals surface area contributed by atoms with Crippen molar-refractivity contribution in [2.75, 3.05) is 20.3 Å². The van der Waals surface area contributed by atoms with Crippen LogP contribution in [0.1, 0.15) is 37.7 Å². The normalized spacial score (nSPS) is 15.7. The fraction of sp³-hybridized carbons (Fsp3) is 0.588. The third-order valence-corrected chi connectivity index (χ3v) is 5.70. The van der Waals surface area contributed by atoms with Gasteiger partial charge in [-0.05, 0) is 30.5 Å². The van der Waals surface area contributed by atoms with Crippen LogP contribution in [-0.4, -0.2) is 40.8 Å². The Kier molecular flexibility index (Phi) is 7.67. The first kappa shape index (κ1) is 19.7. The van der Waals surface area contributed by atoms with Crippen LogP contribution in [0.15, 0.2) is 29.2 Å². The lowest BCUT2D eigenvalue weighted by molar-refractivity contribution is 0.204. The van der Waals surface area contributed by atoms with Gasteiger partial charge in [0.05, 0.1) is 11.5 Å². The van der Waals surface area contributed by atoms with Crippen LogP contribution in [0.3, 0.4) is 0 Å². The molecule has 0 unspecified atom stereocenters. The van der Waals surface area contributed by atoms with E-state index in [0.29, 0.717) is 13.2 Å². The average molecular weight is 369 g/mol. The molecule has 0 saturated heterocycles. The summed E-state index contributed by atoms with van der Waals surface area (Å²) < 4.78 is 31.4. The van der Waals surface area contributed by atoms with E-state index in [1.165, 1.54) is 38.5 Å². The number of hydrogen-bond acceptors (Lipinski definition) is 4. The summed E-state index contributed by atoms with van der Waals surface area (Å²) in [5.74, 6) is 0. The van der Waals surface area contributed by atoms with E-state index in [1.807, 2.05) is 0 Å². The van der Waals surface area contributed by atoms with Crippen LogP contribution in [0.2, 0.25) is 0 Å². The van der Waals surface area contributed by atoms with Crippen molar-refractivity contribution in [2.45, 2.75) is 49.6 Å². The minimum absolute atomic E-state index is 0.176. The predicted molar refractivity (Wildman–Crippen MR) is 95.8 cm³/mol. The molecule has 2 amide bonds. The second kappa shape index (κ2) is 9.74. The maximum atomic E-state index is 12.1. The highest BCUT2D eigenvalue weighted by Crippen LogP contribution is 2.17. The van der Waals surface area contributed by atoms with E-state index >= 15 is 0 Å². The zero-order chi connectivity index (χ0) is 18.1. The van der Waals surface area contributed by atoms with Gasteiger partial charge in [0.15, 0.2) is 0 Å². The molecule has 0 aromatic heterocycles. The number of carbonyl (C=O) groups is 1. The fourth-order valence-electron chi connectivity index (χ4n) is 2.81. The highest BCUT2D eigenvalue weighted by atomic mass is 32.2. The van der Waals surface area contributed by atoms with Gasteiger partial charge in [-0.3, -0.25) is 0 Å². The summed E-state index contributed by atoms with van der Waals surface area (Å²) in [6.45, 7) is 0.900. The molecule has 2 rings (SSSR count). The Bertz CT molecular complexity index is 640. The van der Waals surface area contributed by atoms with E-state index < -0.39 is 10.0 Å². The molecule has 1 aromatic rings. The van der Waals surface area contributed by atoms with E-state index in [1.54, 1.807) is 12.1 Å². The Hall–Kier alpha value is -1.64. The monoisotopic (exact) mass is 369 g/mol. The minimum Gasteiger partial charge on any atom is -0.383 e. The van der Waals surface area contributed by atoms with E-state index in [-0.39, 0.29) is 23.5 Å². The predicted octanol–water partition coefficient (Wildman–Crippen LogP) is 1.74. The second-order valence-electron chi connectivity index (χ2n) is 6.20. The first-order valence-corrected chi connectivity index (χ1v) is 10.1. The van der Waals surface area contributed by atoms with Crippen LogP contribution in [-0.2, 0) is 21.3 Å². The first-order valence-electron chi connectivity index (χ1n) is 8.63. The molecule has 1 aliphatic carbocycles. The average Bonchev–Trinajstić information content (AvgIpc) is 2.61. The summed E-state index contributed by atoms with van der Waals surface area (Å²) in [5, 5.41) is 5.80. The Labute approximate surface area is 149 Å². The van der Waals surface area contributed by atoms with E-state index in [0.717, 1.165) is 18.4 Å². The topological polar surface area (TPSA) is 96.5 Å². The number of sulfonamides is 1. The van der Waals surface area contributed by atoms with Gasteiger partial charge in [-0.15, -0.1) is 0 Å². The molecule has 25 heavy (non-hydrogen) atoms. The van der Waals surface area contributed by atoms with Gasteiger partial charge in [-0.25, -0.2) is 17.9 Å². The number of methoxy groups -OCH3 is 1. The maximum Gasteiger partial charge on any atom is 0.315 e. The quantitative estimate of drug-likeness (QED) is 0.608. The van der Waals surface area contributed by atoms with E-state index in [4.69, 9.17) is 4.74 Å². The van der Waals surface area contributed by atoms with Gasteiger partial charge in [-0.1, -0.05) is 31.4 Å². The molecule has 0 bridgehead atoms. The molecule has 0 atom stereocenters. The number of hydrogen-bond donors (Lipinski definition) is 3. The smallest absolute Gasteiger partial charge is 0.315 e. The minimum atomic E-state index is -3.53. The van der Waals surface area contributed by atoms with Crippen LogP contribution < -0.4 is 15.4 Å². The zero-order valence-electron chi connectivity index (χ0n) is 14.6. The van der Waals surface area contributed by atoms with Gasteiger partial charge in [-0.2, -0.15) is 0 Å². The largest absolute Gasteiger partial charge is 0.383 e. The molecule has 140 valence electrons. The summed E-state index contributed by atoms with van der Waals surface area (Å²) in [7, 11) is -2.02. The van der Waals surface area contributed by atoms with Crippen molar-refractivity contribution in [2.24, 2.45) is 0 Å². The summed E-state index contributed by atoms with van der Waals surface area (Å²) in [5.41, 5.74) is 0.842. The van der Waals surface area contributed by atoms with Crippen LogP contribution in [0.5, 0.6) is 0 Å². The van der Waals surface area contributed by atoms with Crippen LogP contribution in [0, 0.1) is 0 Å². The molecule has 7 nitrogen and oxygen atoms in total. The van der Waals surface area contributed by atoms with Gasteiger partial charge in [0.2, 0.25) is 10.0 Å². The highest BCUT2D eigenvalue weighted by molar-refractivity contribution is 7.89. The van der Waals surface area contributed by atoms with Gasteiger partial charge in [0.1, 0.15) is 0 Å². The number of benzene rings is 1. The molecule has 8 heteroatoms. The molecular weight excluding hydrogens is 342 g/mol. The third-order valence-electron chi connectivity index (χ3n) is 4.23. The number of carbonyl (C=O) groups excluding carboxylic acids is 1. The summed E-state index contributed by atoms with van der Waals surface area (Å²) in [6.07, 6.45) is 5.65. The molecule has 1 aliphatic rings. The van der Waals surface area contributed by atoms with Crippen molar-refractivity contribution in [3.63, 3.8) is 0 Å². The molecule has 3 N–H and O–H groups in total. The van der Waals surface area contributed by atoms with Crippen molar-refractivity contribution in [3.8, 4) is 0 Å². The SMILES string of the molecule is COCCNS(=O)(=O)c1ccc(CNC(=O)NC2CCCCC2)cc1. The van der Waals surface area contributed by atoms with Crippen LogP contribution in [0.4, 0.5) is 4.79 Å². The van der Waals surface area contributed by atoms with Crippen molar-refractivity contribution in [1.82, 2.24) is 15.4 Å². The van der Waals surface area contributed by atoms with Gasteiger partial charge < -0.3 is 15.4 Å². The number of ether oxygens (including phenoxy) is 1. The molecular formula is C17H27N3O4S. The Morgan fingerprint density at radius 1 is 1.16 bits per heavy atom. The molecule has 1 aromatic carbocycles. The number of urea groups is 1. The lowest BCUT2D eigenvalue weighted by Crippen LogP contribution is -2.42. The molecule has 0 heterocycles. The second-order valence-corrected chi connectivity index (χ2v) is 7.96. The Morgan fingerprint density at radius 2 is 1.84 bits per heavy atom. The zero-order valence-corrected chi connectivity index (χ0v) is 15.4. The highest BCUT2D eigenvalue weighted by Gasteiger charge is 2.16. The molecule has 0 spiro atoms. The molecule has 0 aliphatic heterocycles. The lowest BCUT2D eigenvalue weighted by atomic mass is 9.96. The van der Waals surface area contributed by atoms with Gasteiger partial charge in [0.25, 0.3) is 0 Å². The lowest BCUT2D eigenvalue weighted by Gasteiger charge is -2.22. The molecule has 1 fully saturated rings. The van der Waals surface area contributed by atoms with Crippen molar-refractivity contribution >= 4 is 16.1 Å². The van der Waals surface area contributed by atoms with Crippen LogP contribution >= 0.6 is 0 Å². The van der Waals surface area contributed by atoms with Crippen molar-refractivity contribution < 1.29 is 17.9 Å². The maximum absolute atomic E-state index is 12.1. The van der Waals surface area contributed by atoms with Gasteiger partial charge in [0, 0.05) is 26.2 Å². The number of amides is 2. The molecule has 1 saturated carbocycles. The summed E-state index contributed by atoms with van der Waals surface area (Å²) in [6, 6.07) is 6.55.